The van der Waals surface area contributed by atoms with Crippen molar-refractivity contribution in [1.29, 1.82) is 0 Å². The Hall–Kier alpha value is -5.22. The summed E-state index contributed by atoms with van der Waals surface area (Å²) in [6.07, 6.45) is 19.2. The average molecular weight is 753 g/mol. The van der Waals surface area contributed by atoms with Crippen LogP contribution in [0.1, 0.15) is 101 Å². The molecule has 4 bridgehead atoms. The molecule has 4 aliphatic carbocycles. The van der Waals surface area contributed by atoms with E-state index in [1.807, 2.05) is 0 Å². The summed E-state index contributed by atoms with van der Waals surface area (Å²) in [6.45, 7) is 0.0164. The fourth-order valence-corrected chi connectivity index (χ4v) is 14.3. The minimum Gasteiger partial charge on any atom is -0.453 e. The molecule has 3 nitrogen and oxygen atoms in total. The molecule has 4 saturated carbocycles. The molecule has 4 heteroatoms. The van der Waals surface area contributed by atoms with Gasteiger partial charge in [0.05, 0.1) is 22.4 Å². The Balaban J connectivity index is 1.12. The lowest BCUT2D eigenvalue weighted by Gasteiger charge is -2.47. The van der Waals surface area contributed by atoms with E-state index in [0.29, 0.717) is 5.41 Å². The minimum absolute atomic E-state index is 0.0164. The fraction of sp³-hybridized carbons (Fsp3) is 0.333. The molecule has 0 N–H and O–H groups in total. The van der Waals surface area contributed by atoms with Crippen LogP contribution in [-0.2, 0) is 10.8 Å². The van der Waals surface area contributed by atoms with Crippen LogP contribution in [0.25, 0.3) is 49.7 Å². The average Bonchev–Trinajstić information content (AvgIpc) is 3.60. The summed E-state index contributed by atoms with van der Waals surface area (Å²) in [7, 11) is 0. The first-order chi connectivity index (χ1) is 28.6. The second-order valence-electron chi connectivity index (χ2n) is 19.6. The Morgan fingerprint density at radius 1 is 0.552 bits per heavy atom. The maximum absolute atomic E-state index is 6.81. The van der Waals surface area contributed by atoms with Crippen LogP contribution in [0.5, 0.6) is 11.5 Å². The number of hydrogen-bond donors (Lipinski definition) is 0. The van der Waals surface area contributed by atoms with E-state index in [2.05, 4.69) is 125 Å². The Labute approximate surface area is 342 Å². The summed E-state index contributed by atoms with van der Waals surface area (Å²) in [5.74, 6) is 3.66. The molecule has 0 atom stereocenters. The Bertz CT molecular complexity index is 2870. The van der Waals surface area contributed by atoms with E-state index in [1.165, 1.54) is 162 Å². The highest BCUT2D eigenvalue weighted by Gasteiger charge is 2.49. The zero-order valence-corrected chi connectivity index (χ0v) is 33.4. The molecule has 4 heterocycles. The molecule has 6 aromatic carbocycles. The lowest BCUT2D eigenvalue weighted by atomic mass is 9.43. The van der Waals surface area contributed by atoms with Gasteiger partial charge in [0.25, 0.3) is 0 Å². The van der Waals surface area contributed by atoms with Crippen LogP contribution in [0.4, 0.5) is 11.4 Å². The number of rotatable bonds is 3. The molecule has 7 aromatic rings. The van der Waals surface area contributed by atoms with E-state index in [4.69, 9.17) is 4.74 Å². The van der Waals surface area contributed by atoms with Crippen LogP contribution in [0.15, 0.2) is 115 Å². The van der Waals surface area contributed by atoms with Crippen LogP contribution in [0.3, 0.4) is 0 Å². The summed E-state index contributed by atoms with van der Waals surface area (Å²) in [5, 5.41) is 2.94. The molecule has 0 saturated heterocycles. The van der Waals surface area contributed by atoms with Gasteiger partial charge in [0.15, 0.2) is 5.75 Å². The third-order valence-electron chi connectivity index (χ3n) is 16.8. The van der Waals surface area contributed by atoms with Crippen molar-refractivity contribution in [2.24, 2.45) is 11.8 Å². The number of ether oxygens (including phenoxy) is 1. The van der Waals surface area contributed by atoms with Crippen molar-refractivity contribution in [1.82, 2.24) is 4.57 Å². The normalized spacial score (nSPS) is 25.9. The third kappa shape index (κ3) is 4.32. The van der Waals surface area contributed by atoms with Gasteiger partial charge in [-0.05, 0) is 148 Å². The van der Waals surface area contributed by atoms with Crippen molar-refractivity contribution < 1.29 is 4.74 Å². The quantitative estimate of drug-likeness (QED) is 0.167. The van der Waals surface area contributed by atoms with E-state index in [-0.39, 0.29) is 12.3 Å². The minimum atomic E-state index is 0.0164. The molecular formula is C54H49BN2O. The smallest absolute Gasteiger partial charge is 0.333 e. The Morgan fingerprint density at radius 3 is 2.02 bits per heavy atom. The lowest BCUT2D eigenvalue weighted by molar-refractivity contribution is 0.149. The number of benzene rings is 6. The second-order valence-corrected chi connectivity index (χ2v) is 19.6. The molecule has 0 unspecified atom stereocenters. The second kappa shape index (κ2) is 11.7. The topological polar surface area (TPSA) is 17.4 Å². The van der Waals surface area contributed by atoms with Gasteiger partial charge in [0.1, 0.15) is 5.75 Å². The first kappa shape index (κ1) is 32.7. The molecule has 3 aliphatic heterocycles. The first-order valence-electron chi connectivity index (χ1n) is 22.7. The van der Waals surface area contributed by atoms with Gasteiger partial charge in [0, 0.05) is 22.0 Å². The fourth-order valence-electron chi connectivity index (χ4n) is 14.3. The Kier molecular flexibility index (Phi) is 6.61. The SMILES string of the molecule is c1ccc(-c2cc3c4c(c2)-n2c5ccc(C67CCCC(CCC6)C7)cc5c5cc(C67CCCC(CCC6)C7)cc(c52)B4N2c4ccccc4Oc4cccc-3c42)cc1. The zero-order valence-electron chi connectivity index (χ0n) is 33.4. The van der Waals surface area contributed by atoms with Crippen LogP contribution in [0, 0.1) is 11.8 Å². The summed E-state index contributed by atoms with van der Waals surface area (Å²) >= 11 is 0. The highest BCUT2D eigenvalue weighted by Crippen LogP contribution is 2.57. The summed E-state index contributed by atoms with van der Waals surface area (Å²) < 4.78 is 9.54. The van der Waals surface area contributed by atoms with E-state index in [9.17, 15) is 0 Å². The van der Waals surface area contributed by atoms with Crippen LogP contribution >= 0.6 is 0 Å². The van der Waals surface area contributed by atoms with Gasteiger partial charge < -0.3 is 14.1 Å². The lowest BCUT2D eigenvalue weighted by Crippen LogP contribution is -2.61. The number of aromatic nitrogens is 1. The molecule has 0 spiro atoms. The molecule has 14 rings (SSSR count). The zero-order chi connectivity index (χ0) is 37.7. The predicted molar refractivity (Wildman–Crippen MR) is 240 cm³/mol. The molecule has 58 heavy (non-hydrogen) atoms. The highest BCUT2D eigenvalue weighted by molar-refractivity contribution is 6.93. The molecular weight excluding hydrogens is 703 g/mol. The molecule has 0 amide bonds. The van der Waals surface area contributed by atoms with Gasteiger partial charge >= 0.3 is 6.85 Å². The first-order valence-corrected chi connectivity index (χ1v) is 22.7. The molecule has 4 fully saturated rings. The monoisotopic (exact) mass is 752 g/mol. The number of hydrogen-bond acceptors (Lipinski definition) is 2. The van der Waals surface area contributed by atoms with Crippen molar-refractivity contribution in [3.05, 3.63) is 126 Å². The van der Waals surface area contributed by atoms with Gasteiger partial charge in [-0.3, -0.25) is 0 Å². The molecule has 1 aromatic heterocycles. The van der Waals surface area contributed by atoms with Gasteiger partial charge in [0.2, 0.25) is 0 Å². The third-order valence-corrected chi connectivity index (χ3v) is 16.8. The predicted octanol–water partition coefficient (Wildman–Crippen LogP) is 13.0. The van der Waals surface area contributed by atoms with Gasteiger partial charge in [-0.2, -0.15) is 0 Å². The number of anilines is 2. The molecule has 284 valence electrons. The molecule has 0 radical (unpaired) electrons. The van der Waals surface area contributed by atoms with E-state index in [1.54, 1.807) is 11.1 Å². The van der Waals surface area contributed by atoms with Crippen LogP contribution in [-0.4, -0.2) is 11.4 Å². The molecule has 7 aliphatic rings. The number of para-hydroxylation sites is 3. The summed E-state index contributed by atoms with van der Waals surface area (Å²) in [4.78, 5) is 2.69. The van der Waals surface area contributed by atoms with Crippen LogP contribution in [0.2, 0.25) is 0 Å². The summed E-state index contributed by atoms with van der Waals surface area (Å²) in [6, 6.07) is 44.9. The largest absolute Gasteiger partial charge is 0.453 e. The van der Waals surface area contributed by atoms with Crippen molar-refractivity contribution in [3.8, 4) is 39.4 Å². The standard InChI is InChI=1S/C54H49BN2O/c1-2-15-36(16-3-1)37-27-42-40-17-6-20-49-52(40)57(46-18-4-5-19-48(46)58-49)55-44-31-39(54-25-9-13-35(33-54)14-10-26-54)30-43-41-29-38(53-23-7-11-34(32-53)12-8-24-53)21-22-45(41)56(51(43)44)47(28-37)50(42)55/h1-6,15-22,27-31,34-35H,7-14,23-26,32-33H2. The van der Waals surface area contributed by atoms with E-state index in [0.717, 1.165) is 23.3 Å². The van der Waals surface area contributed by atoms with E-state index >= 15 is 0 Å². The number of fused-ring (bicyclic) bond motifs is 13. The number of nitrogens with zero attached hydrogens (tertiary/aromatic N) is 2. The van der Waals surface area contributed by atoms with Gasteiger partial charge in [-0.1, -0.05) is 118 Å². The highest BCUT2D eigenvalue weighted by atomic mass is 16.5. The van der Waals surface area contributed by atoms with E-state index < -0.39 is 0 Å². The maximum Gasteiger partial charge on any atom is 0.333 e. The van der Waals surface area contributed by atoms with Gasteiger partial charge in [-0.15, -0.1) is 0 Å². The van der Waals surface area contributed by atoms with Crippen molar-refractivity contribution in [2.75, 3.05) is 4.81 Å². The van der Waals surface area contributed by atoms with Crippen LogP contribution < -0.4 is 20.5 Å². The van der Waals surface area contributed by atoms with Crippen molar-refractivity contribution in [3.63, 3.8) is 0 Å². The maximum atomic E-state index is 6.81. The van der Waals surface area contributed by atoms with Gasteiger partial charge in [-0.25, -0.2) is 0 Å². The Morgan fingerprint density at radius 2 is 1.24 bits per heavy atom. The van der Waals surface area contributed by atoms with Crippen molar-refractivity contribution >= 4 is 51.0 Å². The summed E-state index contributed by atoms with van der Waals surface area (Å²) in [5.41, 5.74) is 18.3. The van der Waals surface area contributed by atoms with Crippen molar-refractivity contribution in [2.45, 2.75) is 101 Å².